The summed E-state index contributed by atoms with van der Waals surface area (Å²) in [4.78, 5) is 39.2. The highest BCUT2D eigenvalue weighted by Crippen LogP contribution is 2.23. The first-order valence-electron chi connectivity index (χ1n) is 14.2. The maximum absolute atomic E-state index is 13.4. The number of nitrogens with one attached hydrogen (secondary N) is 2. The van der Waals surface area contributed by atoms with Crippen molar-refractivity contribution in [1.29, 1.82) is 0 Å². The largest absolute Gasteiger partial charge is 0.463 e. The summed E-state index contributed by atoms with van der Waals surface area (Å²) in [7, 11) is 0. The number of hydrogen-bond acceptors (Lipinski definition) is 5. The third-order valence-corrected chi connectivity index (χ3v) is 7.03. The monoisotopic (exact) mass is 562 g/mol. The molecule has 0 heterocycles. The highest BCUT2D eigenvalue weighted by Gasteiger charge is 2.32. The maximum Gasteiger partial charge on any atom is 0.309 e. The van der Waals surface area contributed by atoms with Crippen LogP contribution in [0.25, 0.3) is 0 Å². The van der Waals surface area contributed by atoms with E-state index in [9.17, 15) is 19.5 Å². The van der Waals surface area contributed by atoms with Gasteiger partial charge in [0.25, 0.3) is 0 Å². The van der Waals surface area contributed by atoms with Crippen molar-refractivity contribution >= 4 is 17.8 Å². The lowest BCUT2D eigenvalue weighted by molar-refractivity contribution is -0.150. The van der Waals surface area contributed by atoms with Crippen LogP contribution in [0.4, 0.5) is 0 Å². The smallest absolute Gasteiger partial charge is 0.309 e. The molecule has 0 spiro atoms. The molecule has 41 heavy (non-hydrogen) atoms. The maximum atomic E-state index is 13.4. The molecule has 2 amide bonds. The second-order valence-electron chi connectivity index (χ2n) is 11.5. The Morgan fingerprint density at radius 3 is 1.90 bits per heavy atom. The lowest BCUT2D eigenvalue weighted by Gasteiger charge is -2.32. The number of carbonyl (C=O) groups excluding carboxylic acids is 3. The molecule has 0 saturated carbocycles. The fraction of sp³-hybridized carbons (Fsp3) is 0.441. The summed E-state index contributed by atoms with van der Waals surface area (Å²) >= 11 is 0. The van der Waals surface area contributed by atoms with Gasteiger partial charge in [0.1, 0.15) is 6.61 Å². The molecular weight excluding hydrogens is 516 g/mol. The Kier molecular flexibility index (Phi) is 14.0. The Labute approximate surface area is 245 Å². The van der Waals surface area contributed by atoms with E-state index in [1.165, 1.54) is 0 Å². The summed E-state index contributed by atoms with van der Waals surface area (Å²) in [6.45, 7) is 13.2. The van der Waals surface area contributed by atoms with Gasteiger partial charge in [-0.15, -0.1) is 13.2 Å². The molecule has 0 unspecified atom stereocenters. The van der Waals surface area contributed by atoms with E-state index in [2.05, 4.69) is 23.8 Å². The van der Waals surface area contributed by atoms with E-state index in [4.69, 9.17) is 4.74 Å². The van der Waals surface area contributed by atoms with Gasteiger partial charge < -0.3 is 20.5 Å². The first-order valence-corrected chi connectivity index (χ1v) is 14.2. The van der Waals surface area contributed by atoms with E-state index >= 15 is 0 Å². The molecule has 0 aliphatic carbocycles. The van der Waals surface area contributed by atoms with Gasteiger partial charge in [0.15, 0.2) is 0 Å². The minimum absolute atomic E-state index is 0.00712. The highest BCUT2D eigenvalue weighted by atomic mass is 16.5. The minimum Gasteiger partial charge on any atom is -0.463 e. The number of allylic oxidation sites excluding steroid dienone is 2. The SMILES string of the molecule is C=CC[C@H](CC(=O)N[C@H](CO)Cc1ccccc1)C(=O)N[C@H](COC(=O)[C@@H](CC=C)Cc1ccccc1)C(C)(C)C. The van der Waals surface area contributed by atoms with Crippen molar-refractivity contribution in [1.82, 2.24) is 10.6 Å². The van der Waals surface area contributed by atoms with Gasteiger partial charge in [-0.2, -0.15) is 0 Å². The van der Waals surface area contributed by atoms with Crippen molar-refractivity contribution in [2.75, 3.05) is 13.2 Å². The minimum atomic E-state index is -0.657. The van der Waals surface area contributed by atoms with E-state index in [1.54, 1.807) is 12.2 Å². The molecule has 0 radical (unpaired) electrons. The molecule has 2 aromatic rings. The topological polar surface area (TPSA) is 105 Å². The summed E-state index contributed by atoms with van der Waals surface area (Å²) in [5.74, 6) is -2.01. The molecule has 2 rings (SSSR count). The van der Waals surface area contributed by atoms with Gasteiger partial charge in [0.05, 0.1) is 30.5 Å². The second-order valence-corrected chi connectivity index (χ2v) is 11.5. The van der Waals surface area contributed by atoms with Crippen LogP contribution in [0.3, 0.4) is 0 Å². The number of aliphatic hydroxyl groups is 1. The van der Waals surface area contributed by atoms with Gasteiger partial charge in [-0.05, 0) is 42.2 Å². The van der Waals surface area contributed by atoms with Crippen LogP contribution in [0.1, 0.15) is 51.2 Å². The summed E-state index contributed by atoms with van der Waals surface area (Å²) in [6, 6.07) is 18.4. The van der Waals surface area contributed by atoms with E-state index in [0.29, 0.717) is 25.7 Å². The number of amides is 2. The quantitative estimate of drug-likeness (QED) is 0.190. The van der Waals surface area contributed by atoms with Crippen molar-refractivity contribution in [3.05, 3.63) is 97.1 Å². The number of esters is 1. The molecule has 0 fully saturated rings. The number of rotatable bonds is 17. The van der Waals surface area contributed by atoms with E-state index in [-0.39, 0.29) is 43.3 Å². The second kappa shape index (κ2) is 17.2. The summed E-state index contributed by atoms with van der Waals surface area (Å²) < 4.78 is 5.73. The third-order valence-electron chi connectivity index (χ3n) is 7.03. The zero-order valence-electron chi connectivity index (χ0n) is 24.7. The number of hydrogen-bond donors (Lipinski definition) is 3. The molecule has 4 atom stereocenters. The summed E-state index contributed by atoms with van der Waals surface area (Å²) in [5, 5.41) is 15.7. The van der Waals surface area contributed by atoms with Crippen molar-refractivity contribution in [3.8, 4) is 0 Å². The molecule has 7 nitrogen and oxygen atoms in total. The molecule has 0 saturated heterocycles. The van der Waals surface area contributed by atoms with Crippen LogP contribution in [0.2, 0.25) is 0 Å². The van der Waals surface area contributed by atoms with Gasteiger partial charge in [-0.3, -0.25) is 14.4 Å². The van der Waals surface area contributed by atoms with Gasteiger partial charge in [-0.1, -0.05) is 93.6 Å². The van der Waals surface area contributed by atoms with Gasteiger partial charge in [-0.25, -0.2) is 0 Å². The average Bonchev–Trinajstić information content (AvgIpc) is 2.94. The number of benzene rings is 2. The standard InChI is InChI=1S/C34H46N2O5/c1-6-14-27(22-31(38)35-29(23-37)21-26-18-12-9-13-19-26)32(39)36-30(34(3,4)5)24-41-33(40)28(15-7-2)20-25-16-10-8-11-17-25/h6-13,16-19,27-30,37H,1-2,14-15,20-24H2,3-5H3,(H,35,38)(H,36,39)/t27-,28+,29+,30-/m1/s1. The van der Waals surface area contributed by atoms with Crippen LogP contribution in [0.5, 0.6) is 0 Å². The zero-order chi connectivity index (χ0) is 30.3. The zero-order valence-corrected chi connectivity index (χ0v) is 24.7. The first kappa shape index (κ1) is 33.5. The van der Waals surface area contributed by atoms with Crippen LogP contribution in [0, 0.1) is 17.3 Å². The van der Waals surface area contributed by atoms with Crippen molar-refractivity contribution < 1.29 is 24.2 Å². The molecule has 7 heteroatoms. The lowest BCUT2D eigenvalue weighted by atomic mass is 9.86. The van der Waals surface area contributed by atoms with E-state index in [1.807, 2.05) is 81.4 Å². The van der Waals surface area contributed by atoms with Crippen molar-refractivity contribution in [2.24, 2.45) is 17.3 Å². The average molecular weight is 563 g/mol. The summed E-state index contributed by atoms with van der Waals surface area (Å²) in [5.41, 5.74) is 1.62. The lowest BCUT2D eigenvalue weighted by Crippen LogP contribution is -2.50. The molecule has 0 aromatic heterocycles. The van der Waals surface area contributed by atoms with Crippen LogP contribution in [-0.4, -0.2) is 48.2 Å². The number of carbonyl (C=O) groups is 3. The third kappa shape index (κ3) is 12.1. The molecule has 0 aliphatic heterocycles. The molecule has 222 valence electrons. The predicted octanol–water partition coefficient (Wildman–Crippen LogP) is 4.80. The van der Waals surface area contributed by atoms with Crippen LogP contribution in [0.15, 0.2) is 86.0 Å². The molecular formula is C34H46N2O5. The predicted molar refractivity (Wildman–Crippen MR) is 163 cm³/mol. The van der Waals surface area contributed by atoms with Crippen molar-refractivity contribution in [3.63, 3.8) is 0 Å². The van der Waals surface area contributed by atoms with Gasteiger partial charge in [0, 0.05) is 6.42 Å². The van der Waals surface area contributed by atoms with Crippen LogP contribution >= 0.6 is 0 Å². The molecule has 3 N–H and O–H groups in total. The van der Waals surface area contributed by atoms with Crippen LogP contribution in [-0.2, 0) is 32.0 Å². The Hall–Kier alpha value is -3.71. The Morgan fingerprint density at radius 2 is 1.39 bits per heavy atom. The fourth-order valence-corrected chi connectivity index (χ4v) is 4.50. The van der Waals surface area contributed by atoms with E-state index < -0.39 is 23.4 Å². The van der Waals surface area contributed by atoms with Gasteiger partial charge in [0.2, 0.25) is 11.8 Å². The van der Waals surface area contributed by atoms with Crippen LogP contribution < -0.4 is 10.6 Å². The number of aliphatic hydroxyl groups excluding tert-OH is 1. The van der Waals surface area contributed by atoms with Crippen molar-refractivity contribution in [2.45, 2.75) is 65.0 Å². The summed E-state index contributed by atoms with van der Waals surface area (Å²) in [6.07, 6.45) is 5.07. The number of ether oxygens (including phenoxy) is 1. The molecule has 2 aromatic carbocycles. The normalized spacial score (nSPS) is 14.1. The highest BCUT2D eigenvalue weighted by molar-refractivity contribution is 5.86. The molecule has 0 aliphatic rings. The Morgan fingerprint density at radius 1 is 0.854 bits per heavy atom. The fourth-order valence-electron chi connectivity index (χ4n) is 4.50. The van der Waals surface area contributed by atoms with E-state index in [0.717, 1.165) is 11.1 Å². The van der Waals surface area contributed by atoms with Gasteiger partial charge >= 0.3 is 5.97 Å². The Bertz CT molecular complexity index is 1110. The molecule has 0 bridgehead atoms. The Balaban J connectivity index is 2.01. The first-order chi connectivity index (χ1) is 19.6.